The number of anilines is 3. The van der Waals surface area contributed by atoms with E-state index in [0.717, 1.165) is 43.4 Å². The molecule has 5 heterocycles. The molecule has 1 N–H and O–H groups in total. The van der Waals surface area contributed by atoms with Crippen molar-refractivity contribution in [2.24, 2.45) is 0 Å². The highest BCUT2D eigenvalue weighted by molar-refractivity contribution is 7.16. The minimum Gasteiger partial charge on any atom is -0.389 e. The van der Waals surface area contributed by atoms with Gasteiger partial charge in [0.2, 0.25) is 5.91 Å². The highest BCUT2D eigenvalue weighted by Crippen LogP contribution is 2.38. The number of benzene rings is 1. The Morgan fingerprint density at radius 1 is 1.17 bits per heavy atom. The fourth-order valence-corrected chi connectivity index (χ4v) is 6.08. The lowest BCUT2D eigenvalue weighted by molar-refractivity contribution is -0.142. The Kier molecular flexibility index (Phi) is 7.29. The number of hydrogen-bond donors (Lipinski definition) is 1. The van der Waals surface area contributed by atoms with Gasteiger partial charge < -0.3 is 19.8 Å². The first-order valence-corrected chi connectivity index (χ1v) is 14.4. The molecule has 6 rings (SSSR count). The van der Waals surface area contributed by atoms with Crippen LogP contribution in [0.2, 0.25) is 0 Å². The number of aryl methyl sites for hydroxylation is 1. The number of fused-ring (bicyclic) bond motifs is 1. The third-order valence-electron chi connectivity index (χ3n) is 7.58. The van der Waals surface area contributed by atoms with E-state index in [0.29, 0.717) is 53.0 Å². The molecule has 2 saturated heterocycles. The van der Waals surface area contributed by atoms with Gasteiger partial charge >= 0.3 is 0 Å². The number of amides is 1. The highest BCUT2D eigenvalue weighted by Gasteiger charge is 2.31. The SMILES string of the molecule is CCc1nn2ccc(N3CCN(CC(=O)N4CC(O)C4)CC3)nc2c1N(C)c1nc(-c2ccc(F)cc2)c(C#N)s1. The molecule has 1 amide bonds. The molecule has 1 aromatic carbocycles. The number of piperazine rings is 1. The predicted molar refractivity (Wildman–Crippen MR) is 154 cm³/mol. The number of hydrogen-bond acceptors (Lipinski definition) is 10. The first kappa shape index (κ1) is 27.1. The maximum atomic E-state index is 13.5. The number of thiazole rings is 1. The number of likely N-dealkylation sites (tertiary alicyclic amines) is 1. The number of β-amino-alcohol motifs (C(OH)–C–C–N with tert-alkyl or cyclic N) is 1. The van der Waals surface area contributed by atoms with Crippen LogP contribution in [0.3, 0.4) is 0 Å². The third-order valence-corrected chi connectivity index (χ3v) is 8.61. The third kappa shape index (κ3) is 5.21. The van der Waals surface area contributed by atoms with Crippen molar-refractivity contribution in [2.75, 3.05) is 62.7 Å². The highest BCUT2D eigenvalue weighted by atomic mass is 32.1. The van der Waals surface area contributed by atoms with Crippen LogP contribution in [-0.2, 0) is 11.2 Å². The zero-order valence-electron chi connectivity index (χ0n) is 22.9. The van der Waals surface area contributed by atoms with Gasteiger partial charge in [-0.2, -0.15) is 10.4 Å². The molecule has 13 heteroatoms. The van der Waals surface area contributed by atoms with Gasteiger partial charge in [0.25, 0.3) is 0 Å². The van der Waals surface area contributed by atoms with Gasteiger partial charge in [0, 0.05) is 58.1 Å². The topological polar surface area (TPSA) is 117 Å². The van der Waals surface area contributed by atoms with Crippen LogP contribution in [0.25, 0.3) is 16.9 Å². The molecule has 0 unspecified atom stereocenters. The van der Waals surface area contributed by atoms with Crippen LogP contribution in [0, 0.1) is 17.1 Å². The summed E-state index contributed by atoms with van der Waals surface area (Å²) in [5, 5.41) is 24.6. The Hall–Kier alpha value is -4.12. The van der Waals surface area contributed by atoms with E-state index in [2.05, 4.69) is 15.9 Å². The quantitative estimate of drug-likeness (QED) is 0.355. The van der Waals surface area contributed by atoms with Crippen LogP contribution in [0.5, 0.6) is 0 Å². The summed E-state index contributed by atoms with van der Waals surface area (Å²) in [6.07, 6.45) is 2.20. The molecule has 4 aromatic rings. The van der Waals surface area contributed by atoms with E-state index in [1.54, 1.807) is 21.5 Å². The summed E-state index contributed by atoms with van der Waals surface area (Å²) in [5.41, 5.74) is 3.56. The lowest BCUT2D eigenvalue weighted by Crippen LogP contribution is -2.57. The zero-order chi connectivity index (χ0) is 28.7. The van der Waals surface area contributed by atoms with E-state index in [4.69, 9.17) is 15.1 Å². The van der Waals surface area contributed by atoms with Crippen molar-refractivity contribution in [1.29, 1.82) is 5.26 Å². The van der Waals surface area contributed by atoms with Crippen LogP contribution in [0.4, 0.5) is 21.0 Å². The molecular weight excluding hydrogens is 545 g/mol. The van der Waals surface area contributed by atoms with Gasteiger partial charge in [-0.05, 0) is 36.8 Å². The summed E-state index contributed by atoms with van der Waals surface area (Å²) in [4.78, 5) is 30.6. The maximum absolute atomic E-state index is 13.5. The molecule has 0 saturated carbocycles. The van der Waals surface area contributed by atoms with Crippen LogP contribution >= 0.6 is 11.3 Å². The van der Waals surface area contributed by atoms with Crippen molar-refractivity contribution in [2.45, 2.75) is 19.4 Å². The fraction of sp³-hybridized carbons (Fsp3) is 0.393. The first-order chi connectivity index (χ1) is 19.8. The summed E-state index contributed by atoms with van der Waals surface area (Å²) in [5.74, 6) is 0.546. The van der Waals surface area contributed by atoms with Crippen LogP contribution in [0.15, 0.2) is 36.5 Å². The normalized spacial score (nSPS) is 16.2. The van der Waals surface area contributed by atoms with Crippen molar-refractivity contribution in [3.63, 3.8) is 0 Å². The minimum absolute atomic E-state index is 0.0617. The number of carbonyl (C=O) groups excluding carboxylic acids is 1. The van der Waals surface area contributed by atoms with Crippen molar-refractivity contribution >= 4 is 39.5 Å². The molecule has 0 atom stereocenters. The zero-order valence-corrected chi connectivity index (χ0v) is 23.7. The van der Waals surface area contributed by atoms with Crippen molar-refractivity contribution < 1.29 is 14.3 Å². The van der Waals surface area contributed by atoms with E-state index < -0.39 is 6.10 Å². The summed E-state index contributed by atoms with van der Waals surface area (Å²) in [6, 6.07) is 10.2. The second-order valence-electron chi connectivity index (χ2n) is 10.3. The number of aromatic nitrogens is 4. The smallest absolute Gasteiger partial charge is 0.236 e. The lowest BCUT2D eigenvalue weighted by Gasteiger charge is -2.39. The minimum atomic E-state index is -0.390. The van der Waals surface area contributed by atoms with Crippen LogP contribution < -0.4 is 9.80 Å². The Morgan fingerprint density at radius 3 is 2.56 bits per heavy atom. The maximum Gasteiger partial charge on any atom is 0.236 e. The standard InChI is InChI=1S/C28H30FN9O2S/c1-3-21-26(34(2)28-32-25(22(14-30)41-28)18-4-6-19(29)7-5-18)27-31-23(8-9-38(27)33-21)36-12-10-35(11-13-36)17-24(40)37-15-20(39)16-37/h4-9,20,39H,3,10-13,15-17H2,1-2H3. The van der Waals surface area contributed by atoms with Gasteiger partial charge in [0.05, 0.1) is 18.3 Å². The van der Waals surface area contributed by atoms with Gasteiger partial charge in [0.1, 0.15) is 34.0 Å². The number of aliphatic hydroxyl groups excluding tert-OH is 1. The molecule has 0 bridgehead atoms. The Labute approximate surface area is 240 Å². The van der Waals surface area contributed by atoms with Crippen molar-refractivity contribution in [3.8, 4) is 17.3 Å². The molecule has 2 fully saturated rings. The number of carbonyl (C=O) groups is 1. The second-order valence-corrected chi connectivity index (χ2v) is 11.2. The number of rotatable bonds is 7. The first-order valence-electron chi connectivity index (χ1n) is 13.6. The Morgan fingerprint density at radius 2 is 1.90 bits per heavy atom. The molecule has 0 aliphatic carbocycles. The van der Waals surface area contributed by atoms with Crippen LogP contribution in [0.1, 0.15) is 17.5 Å². The fourth-order valence-electron chi connectivity index (χ4n) is 5.22. The number of halogens is 1. The Balaban J connectivity index is 1.24. The van der Waals surface area contributed by atoms with Gasteiger partial charge in [-0.25, -0.2) is 18.9 Å². The molecule has 2 aliphatic rings. The van der Waals surface area contributed by atoms with E-state index in [1.807, 2.05) is 31.1 Å². The summed E-state index contributed by atoms with van der Waals surface area (Å²) in [7, 11) is 1.89. The molecule has 0 spiro atoms. The van der Waals surface area contributed by atoms with E-state index >= 15 is 0 Å². The van der Waals surface area contributed by atoms with E-state index in [-0.39, 0.29) is 11.7 Å². The predicted octanol–water partition coefficient (Wildman–Crippen LogP) is 2.52. The molecule has 41 heavy (non-hydrogen) atoms. The molecular formula is C28H30FN9O2S. The Bertz CT molecular complexity index is 1620. The molecule has 212 valence electrons. The van der Waals surface area contributed by atoms with E-state index in [1.165, 1.54) is 23.5 Å². The van der Waals surface area contributed by atoms with Gasteiger partial charge in [-0.1, -0.05) is 18.3 Å². The lowest BCUT2D eigenvalue weighted by atomic mass is 10.1. The van der Waals surface area contributed by atoms with Crippen LogP contribution in [-0.4, -0.2) is 99.4 Å². The average Bonchev–Trinajstić information content (AvgIpc) is 3.57. The summed E-state index contributed by atoms with van der Waals surface area (Å²) in [6.45, 7) is 6.20. The van der Waals surface area contributed by atoms with Crippen molar-refractivity contribution in [1.82, 2.24) is 29.4 Å². The molecule has 2 aliphatic heterocycles. The number of nitrogens with zero attached hydrogens (tertiary/aromatic N) is 9. The molecule has 0 radical (unpaired) electrons. The largest absolute Gasteiger partial charge is 0.389 e. The average molecular weight is 576 g/mol. The summed E-state index contributed by atoms with van der Waals surface area (Å²) >= 11 is 1.27. The monoisotopic (exact) mass is 575 g/mol. The van der Waals surface area contributed by atoms with Gasteiger partial charge in [-0.3, -0.25) is 9.69 Å². The van der Waals surface area contributed by atoms with Gasteiger partial charge in [-0.15, -0.1) is 0 Å². The molecule has 11 nitrogen and oxygen atoms in total. The summed E-state index contributed by atoms with van der Waals surface area (Å²) < 4.78 is 15.3. The van der Waals surface area contributed by atoms with Gasteiger partial charge in [0.15, 0.2) is 10.8 Å². The number of aliphatic hydroxyl groups is 1. The molecule has 3 aromatic heterocycles. The number of nitriles is 1. The van der Waals surface area contributed by atoms with Crippen molar-refractivity contribution in [3.05, 3.63) is 52.9 Å². The van der Waals surface area contributed by atoms with E-state index in [9.17, 15) is 19.6 Å². The second kappa shape index (κ2) is 11.0.